The second kappa shape index (κ2) is 4.98. The third kappa shape index (κ3) is 2.04. The Hall–Kier alpha value is -1.55. The van der Waals surface area contributed by atoms with Crippen molar-refractivity contribution in [2.24, 2.45) is 0 Å². The van der Waals surface area contributed by atoms with Gasteiger partial charge in [0, 0.05) is 35.2 Å². The van der Waals surface area contributed by atoms with Gasteiger partial charge in [0.2, 0.25) is 0 Å². The van der Waals surface area contributed by atoms with Gasteiger partial charge in [-0.1, -0.05) is 6.42 Å². The molecule has 3 fully saturated rings. The predicted octanol–water partition coefficient (Wildman–Crippen LogP) is 3.52. The number of anilines is 1. The molecule has 5 rings (SSSR count). The second-order valence-corrected chi connectivity index (χ2v) is 7.40. The lowest BCUT2D eigenvalue weighted by molar-refractivity contribution is 0.0407. The van der Waals surface area contributed by atoms with Crippen molar-refractivity contribution in [2.45, 2.75) is 69.1 Å². The maximum atomic E-state index is 4.11. The molecular formula is C18H24N4. The molecule has 0 radical (unpaired) electrons. The Bertz CT molecular complexity index is 661. The maximum absolute atomic E-state index is 4.11. The zero-order valence-electron chi connectivity index (χ0n) is 13.0. The average molecular weight is 296 g/mol. The van der Waals surface area contributed by atoms with Crippen molar-refractivity contribution in [2.75, 3.05) is 5.32 Å². The summed E-state index contributed by atoms with van der Waals surface area (Å²) in [7, 11) is 0. The molecular weight excluding hydrogens is 272 g/mol. The molecule has 2 atom stereocenters. The van der Waals surface area contributed by atoms with Gasteiger partial charge in [-0.15, -0.1) is 0 Å². The molecule has 2 aromatic rings. The first-order chi connectivity index (χ1) is 10.9. The van der Waals surface area contributed by atoms with Gasteiger partial charge in [0.05, 0.1) is 11.7 Å². The van der Waals surface area contributed by atoms with Crippen molar-refractivity contribution in [3.63, 3.8) is 0 Å². The van der Waals surface area contributed by atoms with E-state index in [-0.39, 0.29) is 0 Å². The lowest BCUT2D eigenvalue weighted by Crippen LogP contribution is -2.53. The lowest BCUT2D eigenvalue weighted by Gasteiger charge is -2.47. The van der Waals surface area contributed by atoms with Crippen LogP contribution < -0.4 is 5.32 Å². The molecule has 4 nitrogen and oxygen atoms in total. The third-order valence-corrected chi connectivity index (χ3v) is 6.10. The number of hydrogen-bond acceptors (Lipinski definition) is 3. The SMILES string of the molecule is c1cc2[nH]ncc2cc1NC1CC2CCC(C1)N2C1CCC1. The predicted molar refractivity (Wildman–Crippen MR) is 89.0 cm³/mol. The van der Waals surface area contributed by atoms with Crippen molar-refractivity contribution < 1.29 is 0 Å². The smallest absolute Gasteiger partial charge is 0.0651 e. The Morgan fingerprint density at radius 3 is 2.59 bits per heavy atom. The standard InChI is InChI=1S/C18H24N4/c1-2-15(3-1)22-16-5-6-17(22)10-14(9-16)20-13-4-7-18-12(8-13)11-19-21-18/h4,7-8,11,14-17,20H,1-3,5-6,9-10H2,(H,19,21). The Labute approximate surface area is 131 Å². The van der Waals surface area contributed by atoms with Crippen molar-refractivity contribution in [3.05, 3.63) is 24.4 Å². The van der Waals surface area contributed by atoms with Gasteiger partial charge < -0.3 is 5.32 Å². The number of rotatable bonds is 3. The first-order valence-corrected chi connectivity index (χ1v) is 8.84. The largest absolute Gasteiger partial charge is 0.382 e. The summed E-state index contributed by atoms with van der Waals surface area (Å²) in [6, 6.07) is 9.75. The van der Waals surface area contributed by atoms with Gasteiger partial charge in [0.15, 0.2) is 0 Å². The maximum Gasteiger partial charge on any atom is 0.0651 e. The van der Waals surface area contributed by atoms with E-state index in [4.69, 9.17) is 0 Å². The summed E-state index contributed by atoms with van der Waals surface area (Å²) in [4.78, 5) is 2.89. The zero-order valence-corrected chi connectivity index (χ0v) is 13.0. The van der Waals surface area contributed by atoms with Gasteiger partial charge in [-0.05, 0) is 56.7 Å². The van der Waals surface area contributed by atoms with Crippen molar-refractivity contribution in [1.82, 2.24) is 15.1 Å². The van der Waals surface area contributed by atoms with Crippen LogP contribution in [0.15, 0.2) is 24.4 Å². The summed E-state index contributed by atoms with van der Waals surface area (Å²) in [6.07, 6.45) is 11.7. The zero-order chi connectivity index (χ0) is 14.5. The van der Waals surface area contributed by atoms with Gasteiger partial charge in [0.25, 0.3) is 0 Å². The number of aromatic nitrogens is 2. The topological polar surface area (TPSA) is 44.0 Å². The van der Waals surface area contributed by atoms with Crippen LogP contribution in [-0.4, -0.2) is 39.3 Å². The number of H-pyrrole nitrogens is 1. The van der Waals surface area contributed by atoms with Crippen LogP contribution in [0.2, 0.25) is 0 Å². The van der Waals surface area contributed by atoms with Crippen LogP contribution in [-0.2, 0) is 0 Å². The second-order valence-electron chi connectivity index (χ2n) is 7.40. The van der Waals surface area contributed by atoms with Crippen LogP contribution in [0.3, 0.4) is 0 Å². The molecule has 0 amide bonds. The molecule has 1 aromatic carbocycles. The number of fused-ring (bicyclic) bond motifs is 3. The minimum Gasteiger partial charge on any atom is -0.382 e. The number of aromatic amines is 1. The van der Waals surface area contributed by atoms with E-state index in [1.807, 2.05) is 6.20 Å². The number of hydrogen-bond donors (Lipinski definition) is 2. The molecule has 22 heavy (non-hydrogen) atoms. The fraction of sp³-hybridized carbons (Fsp3) is 0.611. The highest BCUT2D eigenvalue weighted by molar-refractivity contribution is 5.81. The molecule has 1 aromatic heterocycles. The molecule has 1 aliphatic carbocycles. The summed E-state index contributed by atoms with van der Waals surface area (Å²) in [5.74, 6) is 0. The van der Waals surface area contributed by atoms with E-state index in [2.05, 4.69) is 38.6 Å². The Morgan fingerprint density at radius 1 is 1.05 bits per heavy atom. The molecule has 3 heterocycles. The minimum absolute atomic E-state index is 0.637. The van der Waals surface area contributed by atoms with Gasteiger partial charge in [-0.3, -0.25) is 10.00 Å². The van der Waals surface area contributed by atoms with Crippen molar-refractivity contribution in [1.29, 1.82) is 0 Å². The normalized spacial score (nSPS) is 32.3. The van der Waals surface area contributed by atoms with Gasteiger partial charge in [-0.25, -0.2) is 0 Å². The van der Waals surface area contributed by atoms with Crippen LogP contribution in [0.25, 0.3) is 10.9 Å². The van der Waals surface area contributed by atoms with Gasteiger partial charge >= 0.3 is 0 Å². The fourth-order valence-corrected chi connectivity index (χ4v) is 4.88. The number of piperidine rings is 1. The third-order valence-electron chi connectivity index (χ3n) is 6.10. The molecule has 4 heteroatoms. The van der Waals surface area contributed by atoms with E-state index in [1.165, 1.54) is 56.0 Å². The highest BCUT2D eigenvalue weighted by atomic mass is 15.3. The van der Waals surface area contributed by atoms with Gasteiger partial charge in [0.1, 0.15) is 0 Å². The van der Waals surface area contributed by atoms with Crippen LogP contribution in [0.4, 0.5) is 5.69 Å². The summed E-state index contributed by atoms with van der Waals surface area (Å²) in [5.41, 5.74) is 2.36. The molecule has 1 saturated carbocycles. The lowest BCUT2D eigenvalue weighted by atomic mass is 9.86. The number of nitrogens with zero attached hydrogens (tertiary/aromatic N) is 2. The average Bonchev–Trinajstić information content (AvgIpc) is 3.00. The fourth-order valence-electron chi connectivity index (χ4n) is 4.88. The Balaban J connectivity index is 1.31. The Kier molecular flexibility index (Phi) is 2.93. The van der Waals surface area contributed by atoms with E-state index in [1.54, 1.807) is 0 Å². The van der Waals surface area contributed by atoms with Crippen LogP contribution in [0, 0.1) is 0 Å². The van der Waals surface area contributed by atoms with Crippen LogP contribution in [0.1, 0.15) is 44.9 Å². The molecule has 2 bridgehead atoms. The first-order valence-electron chi connectivity index (χ1n) is 8.84. The minimum atomic E-state index is 0.637. The van der Waals surface area contributed by atoms with Crippen molar-refractivity contribution >= 4 is 16.6 Å². The number of nitrogens with one attached hydrogen (secondary N) is 2. The molecule has 116 valence electrons. The van der Waals surface area contributed by atoms with E-state index >= 15 is 0 Å². The summed E-state index contributed by atoms with van der Waals surface area (Å²) in [6.45, 7) is 0. The van der Waals surface area contributed by atoms with Gasteiger partial charge in [-0.2, -0.15) is 5.10 Å². The highest BCUT2D eigenvalue weighted by Crippen LogP contribution is 2.42. The summed E-state index contributed by atoms with van der Waals surface area (Å²) >= 11 is 0. The Morgan fingerprint density at radius 2 is 1.86 bits per heavy atom. The molecule has 2 aliphatic heterocycles. The van der Waals surface area contributed by atoms with E-state index < -0.39 is 0 Å². The molecule has 2 unspecified atom stereocenters. The van der Waals surface area contributed by atoms with Crippen molar-refractivity contribution in [3.8, 4) is 0 Å². The van der Waals surface area contributed by atoms with Crippen LogP contribution in [0.5, 0.6) is 0 Å². The molecule has 2 saturated heterocycles. The highest BCUT2D eigenvalue weighted by Gasteiger charge is 2.44. The van der Waals surface area contributed by atoms with E-state index in [0.29, 0.717) is 6.04 Å². The van der Waals surface area contributed by atoms with E-state index in [0.717, 1.165) is 23.6 Å². The quantitative estimate of drug-likeness (QED) is 0.911. The van der Waals surface area contributed by atoms with Crippen LogP contribution >= 0.6 is 0 Å². The van der Waals surface area contributed by atoms with E-state index in [9.17, 15) is 0 Å². The monoisotopic (exact) mass is 296 g/mol. The molecule has 0 spiro atoms. The summed E-state index contributed by atoms with van der Waals surface area (Å²) < 4.78 is 0. The molecule has 3 aliphatic rings. The number of benzene rings is 1. The first kappa shape index (κ1) is 12.9. The molecule has 2 N–H and O–H groups in total. The summed E-state index contributed by atoms with van der Waals surface area (Å²) in [5, 5.41) is 12.1.